The molecule has 74 valence electrons. The highest BCUT2D eigenvalue weighted by Gasteiger charge is 2.01. The summed E-state index contributed by atoms with van der Waals surface area (Å²) < 4.78 is 2.01. The Morgan fingerprint density at radius 2 is 2.57 bits per heavy atom. The van der Waals surface area contributed by atoms with Crippen LogP contribution < -0.4 is 5.32 Å². The van der Waals surface area contributed by atoms with E-state index in [1.807, 2.05) is 22.2 Å². The molecule has 0 aliphatic rings. The summed E-state index contributed by atoms with van der Waals surface area (Å²) in [4.78, 5) is 5.44. The molecule has 2 aromatic rings. The normalized spacial score (nSPS) is 10.9. The van der Waals surface area contributed by atoms with Crippen molar-refractivity contribution in [2.45, 2.75) is 6.54 Å². The maximum Gasteiger partial charge on any atom is 0.193 e. The van der Waals surface area contributed by atoms with E-state index in [0.29, 0.717) is 11.6 Å². The molecule has 0 aromatic carbocycles. The summed E-state index contributed by atoms with van der Waals surface area (Å²) >= 11 is 7.25. The third-order valence-corrected chi connectivity index (χ3v) is 2.67. The Morgan fingerprint density at radius 1 is 1.71 bits per heavy atom. The second-order valence-electron chi connectivity index (χ2n) is 2.95. The molecule has 0 bridgehead atoms. The third kappa shape index (κ3) is 2.15. The Balaban J connectivity index is 1.98. The Hall–Kier alpha value is -0.840. The van der Waals surface area contributed by atoms with Gasteiger partial charge in [0.15, 0.2) is 4.96 Å². The van der Waals surface area contributed by atoms with Crippen molar-refractivity contribution in [3.63, 3.8) is 0 Å². The van der Waals surface area contributed by atoms with Gasteiger partial charge in [-0.05, 0) is 0 Å². The van der Waals surface area contributed by atoms with Crippen LogP contribution in [0.4, 0.5) is 0 Å². The largest absolute Gasteiger partial charge is 0.306 e. The molecule has 0 amide bonds. The van der Waals surface area contributed by atoms with Crippen LogP contribution in [0.1, 0.15) is 5.69 Å². The lowest BCUT2D eigenvalue weighted by Crippen LogP contribution is -2.14. The van der Waals surface area contributed by atoms with E-state index in [1.165, 1.54) is 0 Å². The Bertz CT molecular complexity index is 417. The summed E-state index contributed by atoms with van der Waals surface area (Å²) in [5, 5.41) is 5.78. The van der Waals surface area contributed by atoms with Crippen molar-refractivity contribution >= 4 is 27.9 Å². The van der Waals surface area contributed by atoms with Gasteiger partial charge in [0.05, 0.1) is 5.69 Å². The van der Waals surface area contributed by atoms with E-state index in [1.54, 1.807) is 11.3 Å². The van der Waals surface area contributed by atoms with Crippen molar-refractivity contribution < 1.29 is 0 Å². The lowest BCUT2D eigenvalue weighted by molar-refractivity contribution is 0.740. The third-order valence-electron chi connectivity index (χ3n) is 1.77. The number of hydrogen-bond donors (Lipinski definition) is 1. The van der Waals surface area contributed by atoms with E-state index in [2.05, 4.69) is 16.9 Å². The van der Waals surface area contributed by atoms with Gasteiger partial charge >= 0.3 is 0 Å². The van der Waals surface area contributed by atoms with Crippen LogP contribution in [-0.2, 0) is 6.54 Å². The molecule has 2 aromatic heterocycles. The minimum Gasteiger partial charge on any atom is -0.306 e. The molecule has 14 heavy (non-hydrogen) atoms. The summed E-state index contributed by atoms with van der Waals surface area (Å²) in [6, 6.07) is 0. The number of aromatic nitrogens is 2. The summed E-state index contributed by atoms with van der Waals surface area (Å²) in [5.74, 6) is 0. The predicted molar refractivity (Wildman–Crippen MR) is 59.8 cm³/mol. The highest BCUT2D eigenvalue weighted by Crippen LogP contribution is 2.11. The number of nitrogens with zero attached hydrogens (tertiary/aromatic N) is 2. The van der Waals surface area contributed by atoms with E-state index in [-0.39, 0.29) is 0 Å². The zero-order chi connectivity index (χ0) is 9.97. The van der Waals surface area contributed by atoms with Crippen molar-refractivity contribution in [1.82, 2.24) is 14.7 Å². The molecule has 0 fully saturated rings. The average molecular weight is 228 g/mol. The molecule has 0 aliphatic carbocycles. The van der Waals surface area contributed by atoms with Gasteiger partial charge in [0.2, 0.25) is 0 Å². The van der Waals surface area contributed by atoms with E-state index in [4.69, 9.17) is 11.6 Å². The standard InChI is InChI=1S/C9H10ClN3S/c1-7(10)4-11-5-8-6-13-2-3-14-9(13)12-8/h2-3,6,11H,1,4-5H2. The first-order chi connectivity index (χ1) is 6.75. The SMILES string of the molecule is C=C(Cl)CNCc1cn2ccsc2n1. The topological polar surface area (TPSA) is 29.3 Å². The highest BCUT2D eigenvalue weighted by molar-refractivity contribution is 7.15. The van der Waals surface area contributed by atoms with Gasteiger partial charge in [0, 0.05) is 35.9 Å². The van der Waals surface area contributed by atoms with Gasteiger partial charge in [-0.25, -0.2) is 4.98 Å². The van der Waals surface area contributed by atoms with Crippen molar-refractivity contribution in [3.8, 4) is 0 Å². The molecule has 0 saturated carbocycles. The molecule has 3 nitrogen and oxygen atoms in total. The first-order valence-electron chi connectivity index (χ1n) is 4.21. The Kier molecular flexibility index (Phi) is 2.86. The summed E-state index contributed by atoms with van der Waals surface area (Å²) in [5.41, 5.74) is 1.02. The minimum atomic E-state index is 0.617. The van der Waals surface area contributed by atoms with Crippen LogP contribution in [0, 0.1) is 0 Å². The summed E-state index contributed by atoms with van der Waals surface area (Å²) in [6.45, 7) is 4.94. The zero-order valence-corrected chi connectivity index (χ0v) is 9.11. The van der Waals surface area contributed by atoms with Crippen LogP contribution >= 0.6 is 22.9 Å². The van der Waals surface area contributed by atoms with E-state index in [0.717, 1.165) is 17.2 Å². The molecule has 0 saturated heterocycles. The molecule has 0 spiro atoms. The van der Waals surface area contributed by atoms with Crippen LogP contribution in [0.15, 0.2) is 29.4 Å². The van der Waals surface area contributed by atoms with Crippen LogP contribution in [0.5, 0.6) is 0 Å². The van der Waals surface area contributed by atoms with Gasteiger partial charge in [-0.1, -0.05) is 18.2 Å². The van der Waals surface area contributed by atoms with Gasteiger partial charge in [0.25, 0.3) is 0 Å². The van der Waals surface area contributed by atoms with Crippen molar-refractivity contribution in [2.24, 2.45) is 0 Å². The molecule has 5 heteroatoms. The van der Waals surface area contributed by atoms with Crippen LogP contribution in [-0.4, -0.2) is 15.9 Å². The van der Waals surface area contributed by atoms with Crippen molar-refractivity contribution in [2.75, 3.05) is 6.54 Å². The lowest BCUT2D eigenvalue weighted by Gasteiger charge is -1.98. The van der Waals surface area contributed by atoms with Gasteiger partial charge in [-0.3, -0.25) is 4.40 Å². The van der Waals surface area contributed by atoms with E-state index < -0.39 is 0 Å². The first-order valence-corrected chi connectivity index (χ1v) is 5.46. The van der Waals surface area contributed by atoms with Gasteiger partial charge < -0.3 is 5.32 Å². The van der Waals surface area contributed by atoms with Gasteiger partial charge in [-0.15, -0.1) is 11.3 Å². The van der Waals surface area contributed by atoms with Gasteiger partial charge in [0.1, 0.15) is 0 Å². The number of halogens is 1. The number of rotatable bonds is 4. The number of fused-ring (bicyclic) bond motifs is 1. The summed E-state index contributed by atoms with van der Waals surface area (Å²) in [7, 11) is 0. The van der Waals surface area contributed by atoms with Crippen molar-refractivity contribution in [1.29, 1.82) is 0 Å². The first kappa shape index (κ1) is 9.71. The van der Waals surface area contributed by atoms with Crippen molar-refractivity contribution in [3.05, 3.63) is 35.1 Å². The number of hydrogen-bond acceptors (Lipinski definition) is 3. The van der Waals surface area contributed by atoms with Crippen LogP contribution in [0.3, 0.4) is 0 Å². The molecular formula is C9H10ClN3S. The second-order valence-corrected chi connectivity index (χ2v) is 4.35. The predicted octanol–water partition coefficient (Wildman–Crippen LogP) is 2.24. The minimum absolute atomic E-state index is 0.617. The molecule has 0 atom stereocenters. The average Bonchev–Trinajstić information content (AvgIpc) is 2.62. The fraction of sp³-hybridized carbons (Fsp3) is 0.222. The van der Waals surface area contributed by atoms with E-state index in [9.17, 15) is 0 Å². The molecule has 1 N–H and O–H groups in total. The molecule has 2 rings (SSSR count). The molecule has 2 heterocycles. The molecule has 0 aliphatic heterocycles. The lowest BCUT2D eigenvalue weighted by atomic mass is 10.4. The Labute approximate surface area is 91.0 Å². The molecule has 0 unspecified atom stereocenters. The maximum absolute atomic E-state index is 5.62. The monoisotopic (exact) mass is 227 g/mol. The highest BCUT2D eigenvalue weighted by atomic mass is 35.5. The summed E-state index contributed by atoms with van der Waals surface area (Å²) in [6.07, 6.45) is 4.01. The quantitative estimate of drug-likeness (QED) is 0.868. The fourth-order valence-corrected chi connectivity index (χ4v) is 2.00. The smallest absolute Gasteiger partial charge is 0.193 e. The fourth-order valence-electron chi connectivity index (χ4n) is 1.19. The second kappa shape index (κ2) is 4.13. The van der Waals surface area contributed by atoms with E-state index >= 15 is 0 Å². The Morgan fingerprint density at radius 3 is 3.29 bits per heavy atom. The maximum atomic E-state index is 5.62. The number of imidazole rings is 1. The van der Waals surface area contributed by atoms with Gasteiger partial charge in [-0.2, -0.15) is 0 Å². The number of thiazole rings is 1. The molecular weight excluding hydrogens is 218 g/mol. The molecule has 0 radical (unpaired) electrons. The van der Waals surface area contributed by atoms with Crippen LogP contribution in [0.2, 0.25) is 0 Å². The zero-order valence-electron chi connectivity index (χ0n) is 7.53. The van der Waals surface area contributed by atoms with Crippen LogP contribution in [0.25, 0.3) is 4.96 Å². The number of nitrogens with one attached hydrogen (secondary N) is 1.